The van der Waals surface area contributed by atoms with Gasteiger partial charge < -0.3 is 4.74 Å². The molecule has 0 saturated carbocycles. The Kier molecular flexibility index (Phi) is 5.42. The lowest BCUT2D eigenvalue weighted by Crippen LogP contribution is -2.08. The molecule has 0 bridgehead atoms. The van der Waals surface area contributed by atoms with Crippen molar-refractivity contribution in [3.05, 3.63) is 87.4 Å². The molecule has 30 heavy (non-hydrogen) atoms. The van der Waals surface area contributed by atoms with E-state index in [-0.39, 0.29) is 24.1 Å². The van der Waals surface area contributed by atoms with E-state index in [4.69, 9.17) is 27.9 Å². The molecule has 1 unspecified atom stereocenters. The molecule has 0 saturated heterocycles. The molecule has 3 nitrogen and oxygen atoms in total. The highest BCUT2D eigenvalue weighted by Crippen LogP contribution is 2.36. The molecule has 0 aliphatic carbocycles. The Balaban J connectivity index is 1.62. The Morgan fingerprint density at radius 3 is 2.27 bits per heavy atom. The van der Waals surface area contributed by atoms with Crippen LogP contribution in [0.3, 0.4) is 0 Å². The van der Waals surface area contributed by atoms with Crippen molar-refractivity contribution < 1.29 is 22.3 Å². The van der Waals surface area contributed by atoms with Crippen molar-refractivity contribution >= 4 is 29.1 Å². The number of alkyl halides is 3. The fourth-order valence-corrected chi connectivity index (χ4v) is 3.68. The van der Waals surface area contributed by atoms with Crippen LogP contribution in [0.2, 0.25) is 10.0 Å². The summed E-state index contributed by atoms with van der Waals surface area (Å²) in [5.74, 6) is -1.02. The number of hydrogen-bond donors (Lipinski definition) is 0. The van der Waals surface area contributed by atoms with Crippen molar-refractivity contribution in [1.82, 2.24) is 4.98 Å². The molecule has 4 rings (SSSR count). The second-order valence-electron chi connectivity index (χ2n) is 6.53. The second-order valence-corrected chi connectivity index (χ2v) is 7.34. The van der Waals surface area contributed by atoms with Crippen LogP contribution in [0.1, 0.15) is 22.7 Å². The summed E-state index contributed by atoms with van der Waals surface area (Å²) >= 11 is 12.3. The summed E-state index contributed by atoms with van der Waals surface area (Å²) in [6.07, 6.45) is -1.90. The van der Waals surface area contributed by atoms with Crippen LogP contribution >= 0.6 is 23.2 Å². The average molecular weight is 455 g/mol. The van der Waals surface area contributed by atoms with E-state index in [9.17, 15) is 17.6 Å². The number of rotatable bonds is 3. The number of aliphatic imine (C=N–C) groups is 1. The van der Waals surface area contributed by atoms with Crippen molar-refractivity contribution in [2.75, 3.05) is 6.61 Å². The standard InChI is InChI=1S/C21H12Cl2F4N2O/c22-15-8-28-9-16(23)18(15)20-29-17(10-30-20)12-6-4-11(5-7-12)13-2-1-3-14(19(13)24)21(25,26)27/h1-9,17H,10H2. The van der Waals surface area contributed by atoms with Crippen LogP contribution in [0.25, 0.3) is 11.1 Å². The fraction of sp³-hybridized carbons (Fsp3) is 0.143. The first kappa shape index (κ1) is 20.6. The Morgan fingerprint density at radius 1 is 0.967 bits per heavy atom. The van der Waals surface area contributed by atoms with Gasteiger partial charge in [0.05, 0.1) is 21.2 Å². The number of nitrogens with zero attached hydrogens (tertiary/aromatic N) is 2. The minimum absolute atomic E-state index is 0.126. The summed E-state index contributed by atoms with van der Waals surface area (Å²) in [7, 11) is 0. The molecule has 0 radical (unpaired) electrons. The van der Waals surface area contributed by atoms with Gasteiger partial charge in [0.15, 0.2) is 0 Å². The van der Waals surface area contributed by atoms with E-state index >= 15 is 0 Å². The van der Waals surface area contributed by atoms with E-state index in [1.807, 2.05) is 0 Å². The smallest absolute Gasteiger partial charge is 0.419 e. The van der Waals surface area contributed by atoms with Gasteiger partial charge in [0.25, 0.3) is 0 Å². The second kappa shape index (κ2) is 7.89. The van der Waals surface area contributed by atoms with Crippen LogP contribution in [0.5, 0.6) is 0 Å². The average Bonchev–Trinajstić information content (AvgIpc) is 3.17. The Morgan fingerprint density at radius 2 is 1.63 bits per heavy atom. The molecule has 0 spiro atoms. The Hall–Kier alpha value is -2.64. The first-order chi connectivity index (χ1) is 14.3. The third-order valence-electron chi connectivity index (χ3n) is 4.63. The van der Waals surface area contributed by atoms with Crippen molar-refractivity contribution in [3.63, 3.8) is 0 Å². The van der Waals surface area contributed by atoms with Gasteiger partial charge in [0.1, 0.15) is 18.5 Å². The van der Waals surface area contributed by atoms with Crippen molar-refractivity contribution in [2.45, 2.75) is 12.2 Å². The van der Waals surface area contributed by atoms with E-state index in [1.54, 1.807) is 24.3 Å². The summed E-state index contributed by atoms with van der Waals surface area (Å²) in [5, 5.41) is 0.606. The zero-order valence-electron chi connectivity index (χ0n) is 15.1. The fourth-order valence-electron chi connectivity index (χ4n) is 3.16. The van der Waals surface area contributed by atoms with Crippen molar-refractivity contribution in [2.24, 2.45) is 4.99 Å². The van der Waals surface area contributed by atoms with Crippen LogP contribution < -0.4 is 0 Å². The third-order valence-corrected chi connectivity index (χ3v) is 5.20. The van der Waals surface area contributed by atoms with Gasteiger partial charge in [-0.1, -0.05) is 59.6 Å². The van der Waals surface area contributed by atoms with Gasteiger partial charge in [-0.25, -0.2) is 9.38 Å². The SMILES string of the molecule is Fc1c(-c2ccc(C3COC(c4c(Cl)cncc4Cl)=N3)cc2)cccc1C(F)(F)F. The number of benzene rings is 2. The highest BCUT2D eigenvalue weighted by atomic mass is 35.5. The molecule has 1 aliphatic heterocycles. The lowest BCUT2D eigenvalue weighted by atomic mass is 9.99. The van der Waals surface area contributed by atoms with E-state index in [2.05, 4.69) is 9.98 Å². The maximum Gasteiger partial charge on any atom is 0.419 e. The molecule has 2 heterocycles. The topological polar surface area (TPSA) is 34.5 Å². The minimum Gasteiger partial charge on any atom is -0.475 e. The van der Waals surface area contributed by atoms with Gasteiger partial charge in [0, 0.05) is 18.0 Å². The van der Waals surface area contributed by atoms with Crippen LogP contribution in [-0.2, 0) is 10.9 Å². The van der Waals surface area contributed by atoms with Crippen molar-refractivity contribution in [1.29, 1.82) is 0 Å². The van der Waals surface area contributed by atoms with Crippen LogP contribution in [0, 0.1) is 5.82 Å². The summed E-state index contributed by atoms with van der Waals surface area (Å²) < 4.78 is 58.9. The number of halogens is 6. The Labute approximate surface area is 178 Å². The monoisotopic (exact) mass is 454 g/mol. The molecule has 154 valence electrons. The lowest BCUT2D eigenvalue weighted by Gasteiger charge is -2.12. The highest BCUT2D eigenvalue weighted by molar-refractivity contribution is 6.39. The minimum atomic E-state index is -4.76. The number of aromatic nitrogens is 1. The molecular weight excluding hydrogens is 443 g/mol. The van der Waals surface area contributed by atoms with Gasteiger partial charge in [-0.2, -0.15) is 13.2 Å². The highest BCUT2D eigenvalue weighted by Gasteiger charge is 2.35. The molecular formula is C21H12Cl2F4N2O. The molecule has 0 N–H and O–H groups in total. The quantitative estimate of drug-likeness (QED) is 0.411. The van der Waals surface area contributed by atoms with Crippen LogP contribution in [0.4, 0.5) is 17.6 Å². The molecule has 2 aromatic carbocycles. The summed E-state index contributed by atoms with van der Waals surface area (Å²) in [5.41, 5.74) is 0.0961. The molecule has 1 atom stereocenters. The predicted octanol–water partition coefficient (Wildman–Crippen LogP) is 6.73. The molecule has 9 heteroatoms. The van der Waals surface area contributed by atoms with Crippen molar-refractivity contribution in [3.8, 4) is 11.1 Å². The lowest BCUT2D eigenvalue weighted by molar-refractivity contribution is -0.139. The van der Waals surface area contributed by atoms with Gasteiger partial charge in [0.2, 0.25) is 5.90 Å². The molecule has 0 fully saturated rings. The van der Waals surface area contributed by atoms with E-state index < -0.39 is 17.6 Å². The van der Waals surface area contributed by atoms with Gasteiger partial charge in [-0.3, -0.25) is 4.98 Å². The number of ether oxygens (including phenoxy) is 1. The van der Waals surface area contributed by atoms with Crippen LogP contribution in [-0.4, -0.2) is 17.5 Å². The van der Waals surface area contributed by atoms with Gasteiger partial charge in [-0.05, 0) is 17.2 Å². The molecule has 0 amide bonds. The predicted molar refractivity (Wildman–Crippen MR) is 106 cm³/mol. The van der Waals surface area contributed by atoms with E-state index in [1.165, 1.54) is 24.5 Å². The molecule has 1 aromatic heterocycles. The summed E-state index contributed by atoms with van der Waals surface area (Å²) in [6.45, 7) is 0.238. The zero-order chi connectivity index (χ0) is 21.5. The molecule has 3 aromatic rings. The first-order valence-electron chi connectivity index (χ1n) is 8.71. The largest absolute Gasteiger partial charge is 0.475 e. The maximum atomic E-state index is 14.4. The third kappa shape index (κ3) is 3.87. The Bertz CT molecular complexity index is 1110. The molecule has 1 aliphatic rings. The summed E-state index contributed by atoms with van der Waals surface area (Å²) in [4.78, 5) is 8.38. The first-order valence-corrected chi connectivity index (χ1v) is 9.47. The van der Waals surface area contributed by atoms with E-state index in [0.717, 1.165) is 5.56 Å². The zero-order valence-corrected chi connectivity index (χ0v) is 16.6. The van der Waals surface area contributed by atoms with Crippen LogP contribution in [0.15, 0.2) is 59.9 Å². The normalized spacial score (nSPS) is 16.3. The number of pyridine rings is 1. The van der Waals surface area contributed by atoms with Gasteiger partial charge >= 0.3 is 6.18 Å². The van der Waals surface area contributed by atoms with E-state index in [0.29, 0.717) is 27.2 Å². The maximum absolute atomic E-state index is 14.4. The number of hydrogen-bond acceptors (Lipinski definition) is 3. The van der Waals surface area contributed by atoms with Gasteiger partial charge in [-0.15, -0.1) is 0 Å². The summed E-state index contributed by atoms with van der Waals surface area (Å²) in [6, 6.07) is 9.29.